The van der Waals surface area contributed by atoms with Gasteiger partial charge in [-0.15, -0.1) is 0 Å². The lowest BCUT2D eigenvalue weighted by molar-refractivity contribution is 0.0699. The van der Waals surface area contributed by atoms with Gasteiger partial charge in [0.05, 0.1) is 5.69 Å². The van der Waals surface area contributed by atoms with Gasteiger partial charge >= 0.3 is 0 Å². The molecule has 3 nitrogen and oxygen atoms in total. The molecular formula is C11H15BN2O. The standard InChI is InChI=1S/C11H15BN2O/c12-10-5-11(8-13-7-10)14-6-9-1-3-15-4-2-9/h5,7-9,14H,1-4,6H2. The van der Waals surface area contributed by atoms with Crippen LogP contribution in [0.4, 0.5) is 5.69 Å². The lowest BCUT2D eigenvalue weighted by Gasteiger charge is -2.22. The SMILES string of the molecule is [B]c1cncc(NCC2CCOCC2)c1. The van der Waals surface area contributed by atoms with E-state index in [2.05, 4.69) is 10.3 Å². The molecule has 0 spiro atoms. The van der Waals surface area contributed by atoms with E-state index in [-0.39, 0.29) is 0 Å². The van der Waals surface area contributed by atoms with Crippen LogP contribution in [0.1, 0.15) is 12.8 Å². The summed E-state index contributed by atoms with van der Waals surface area (Å²) in [5.41, 5.74) is 1.70. The van der Waals surface area contributed by atoms with Crippen molar-refractivity contribution in [2.45, 2.75) is 12.8 Å². The summed E-state index contributed by atoms with van der Waals surface area (Å²) in [6.07, 6.45) is 5.74. The van der Waals surface area contributed by atoms with E-state index < -0.39 is 0 Å². The normalized spacial score (nSPS) is 17.6. The second-order valence-corrected chi connectivity index (χ2v) is 3.94. The van der Waals surface area contributed by atoms with Gasteiger partial charge in [-0.05, 0) is 24.8 Å². The molecule has 0 unspecified atom stereocenters. The van der Waals surface area contributed by atoms with E-state index in [0.29, 0.717) is 11.4 Å². The summed E-state index contributed by atoms with van der Waals surface area (Å²) in [5.74, 6) is 0.709. The lowest BCUT2D eigenvalue weighted by atomic mass is 9.98. The molecular weight excluding hydrogens is 187 g/mol. The Morgan fingerprint density at radius 1 is 1.40 bits per heavy atom. The van der Waals surface area contributed by atoms with E-state index in [1.54, 1.807) is 12.4 Å². The van der Waals surface area contributed by atoms with Gasteiger partial charge in [0, 0.05) is 32.2 Å². The Morgan fingerprint density at radius 3 is 2.93 bits per heavy atom. The van der Waals surface area contributed by atoms with Crippen LogP contribution in [0.25, 0.3) is 0 Å². The molecule has 4 heteroatoms. The third-order valence-corrected chi connectivity index (χ3v) is 2.70. The molecule has 1 saturated heterocycles. The third-order valence-electron chi connectivity index (χ3n) is 2.70. The van der Waals surface area contributed by atoms with Gasteiger partial charge in [0.25, 0.3) is 0 Å². The van der Waals surface area contributed by atoms with Crippen LogP contribution in [0.2, 0.25) is 0 Å². The minimum Gasteiger partial charge on any atom is -0.384 e. The fraction of sp³-hybridized carbons (Fsp3) is 0.545. The molecule has 2 rings (SSSR count). The molecule has 1 aromatic rings. The second-order valence-electron chi connectivity index (χ2n) is 3.94. The maximum absolute atomic E-state index is 5.64. The monoisotopic (exact) mass is 202 g/mol. The first-order valence-corrected chi connectivity index (χ1v) is 5.37. The highest BCUT2D eigenvalue weighted by molar-refractivity contribution is 6.32. The number of nitrogens with zero attached hydrogens (tertiary/aromatic N) is 1. The van der Waals surface area contributed by atoms with Crippen molar-refractivity contribution in [1.82, 2.24) is 4.98 Å². The molecule has 0 bridgehead atoms. The Labute approximate surface area is 91.7 Å². The van der Waals surface area contributed by atoms with Crippen LogP contribution in [0.5, 0.6) is 0 Å². The molecule has 1 aliphatic rings. The van der Waals surface area contributed by atoms with Crippen LogP contribution in [0, 0.1) is 5.92 Å². The number of hydrogen-bond acceptors (Lipinski definition) is 3. The summed E-state index contributed by atoms with van der Waals surface area (Å²) in [6.45, 7) is 2.76. The largest absolute Gasteiger partial charge is 0.384 e. The van der Waals surface area contributed by atoms with E-state index in [1.165, 1.54) is 0 Å². The van der Waals surface area contributed by atoms with E-state index in [4.69, 9.17) is 12.6 Å². The first-order valence-electron chi connectivity index (χ1n) is 5.37. The van der Waals surface area contributed by atoms with Crippen LogP contribution in [-0.2, 0) is 4.74 Å². The molecule has 0 atom stereocenters. The smallest absolute Gasteiger partial charge is 0.116 e. The van der Waals surface area contributed by atoms with Crippen molar-refractivity contribution in [3.63, 3.8) is 0 Å². The van der Waals surface area contributed by atoms with Crippen LogP contribution >= 0.6 is 0 Å². The average molecular weight is 202 g/mol. The van der Waals surface area contributed by atoms with E-state index in [0.717, 1.165) is 38.3 Å². The molecule has 78 valence electrons. The summed E-state index contributed by atoms with van der Waals surface area (Å²) in [6, 6.07) is 1.91. The Morgan fingerprint density at radius 2 is 2.20 bits per heavy atom. The zero-order valence-electron chi connectivity index (χ0n) is 8.78. The number of ether oxygens (including phenoxy) is 1. The van der Waals surface area contributed by atoms with Crippen molar-refractivity contribution in [2.24, 2.45) is 5.92 Å². The van der Waals surface area contributed by atoms with Crippen LogP contribution in [0.15, 0.2) is 18.5 Å². The minimum absolute atomic E-state index is 0.701. The number of nitrogens with one attached hydrogen (secondary N) is 1. The van der Waals surface area contributed by atoms with E-state index in [1.807, 2.05) is 6.07 Å². The van der Waals surface area contributed by atoms with Crippen LogP contribution in [-0.4, -0.2) is 32.6 Å². The molecule has 1 N–H and O–H groups in total. The van der Waals surface area contributed by atoms with Crippen molar-refractivity contribution in [2.75, 3.05) is 25.1 Å². The van der Waals surface area contributed by atoms with Gasteiger partial charge in [-0.1, -0.05) is 5.46 Å². The highest BCUT2D eigenvalue weighted by Crippen LogP contribution is 2.15. The summed E-state index contributed by atoms with van der Waals surface area (Å²) in [7, 11) is 5.64. The van der Waals surface area contributed by atoms with Gasteiger partial charge in [0.1, 0.15) is 7.85 Å². The molecule has 2 heterocycles. The fourth-order valence-corrected chi connectivity index (χ4v) is 1.77. The first kappa shape index (κ1) is 10.5. The molecule has 0 aromatic carbocycles. The Kier molecular flexibility index (Phi) is 3.61. The van der Waals surface area contributed by atoms with Gasteiger partial charge in [0.15, 0.2) is 0 Å². The van der Waals surface area contributed by atoms with Crippen molar-refractivity contribution in [3.8, 4) is 0 Å². The molecule has 1 aromatic heterocycles. The molecule has 0 saturated carbocycles. The van der Waals surface area contributed by atoms with Gasteiger partial charge in [-0.3, -0.25) is 4.98 Å². The number of rotatable bonds is 3. The zero-order valence-corrected chi connectivity index (χ0v) is 8.78. The number of pyridine rings is 1. The molecule has 15 heavy (non-hydrogen) atoms. The van der Waals surface area contributed by atoms with Crippen molar-refractivity contribution in [3.05, 3.63) is 18.5 Å². The number of aromatic nitrogens is 1. The van der Waals surface area contributed by atoms with Crippen LogP contribution < -0.4 is 10.8 Å². The highest BCUT2D eigenvalue weighted by Gasteiger charge is 2.12. The first-order chi connectivity index (χ1) is 7.34. The van der Waals surface area contributed by atoms with Gasteiger partial charge in [0.2, 0.25) is 0 Å². The average Bonchev–Trinajstić information content (AvgIpc) is 2.28. The van der Waals surface area contributed by atoms with Crippen molar-refractivity contribution in [1.29, 1.82) is 0 Å². The number of hydrogen-bond donors (Lipinski definition) is 1. The molecule has 0 aliphatic carbocycles. The highest BCUT2D eigenvalue weighted by atomic mass is 16.5. The third kappa shape index (κ3) is 3.24. The van der Waals surface area contributed by atoms with E-state index >= 15 is 0 Å². The summed E-state index contributed by atoms with van der Waals surface area (Å²) < 4.78 is 5.31. The molecule has 2 radical (unpaired) electrons. The number of anilines is 1. The maximum atomic E-state index is 5.64. The zero-order chi connectivity index (χ0) is 10.5. The van der Waals surface area contributed by atoms with Gasteiger partial charge < -0.3 is 10.1 Å². The maximum Gasteiger partial charge on any atom is 0.116 e. The molecule has 0 amide bonds. The second kappa shape index (κ2) is 5.17. The molecule has 1 fully saturated rings. The van der Waals surface area contributed by atoms with Crippen LogP contribution in [0.3, 0.4) is 0 Å². The van der Waals surface area contributed by atoms with Crippen molar-refractivity contribution < 1.29 is 4.74 Å². The fourth-order valence-electron chi connectivity index (χ4n) is 1.77. The lowest BCUT2D eigenvalue weighted by Crippen LogP contribution is -2.23. The summed E-state index contributed by atoms with van der Waals surface area (Å²) in [5, 5.41) is 3.36. The van der Waals surface area contributed by atoms with E-state index in [9.17, 15) is 0 Å². The quantitative estimate of drug-likeness (QED) is 0.733. The predicted octanol–water partition coefficient (Wildman–Crippen LogP) is 0.714. The van der Waals surface area contributed by atoms with Gasteiger partial charge in [-0.25, -0.2) is 0 Å². The van der Waals surface area contributed by atoms with Gasteiger partial charge in [-0.2, -0.15) is 0 Å². The van der Waals surface area contributed by atoms with Crippen molar-refractivity contribution >= 4 is 19.0 Å². The minimum atomic E-state index is 0.701. The Hall–Kier alpha value is -1.03. The summed E-state index contributed by atoms with van der Waals surface area (Å²) >= 11 is 0. The molecule has 1 aliphatic heterocycles. The Balaban J connectivity index is 1.81. The Bertz CT molecular complexity index is 313. The topological polar surface area (TPSA) is 34.2 Å². The summed E-state index contributed by atoms with van der Waals surface area (Å²) in [4.78, 5) is 4.04. The predicted molar refractivity (Wildman–Crippen MR) is 61.7 cm³/mol.